The van der Waals surface area contributed by atoms with Gasteiger partial charge in [0.25, 0.3) is 0 Å². The van der Waals surface area contributed by atoms with Gasteiger partial charge in [0.2, 0.25) is 0 Å². The molecule has 0 unspecified atom stereocenters. The van der Waals surface area contributed by atoms with Gasteiger partial charge in [0.1, 0.15) is 11.6 Å². The van der Waals surface area contributed by atoms with Gasteiger partial charge in [-0.25, -0.2) is 9.37 Å². The number of anilines is 1. The number of aromatic nitrogens is 2. The van der Waals surface area contributed by atoms with Crippen molar-refractivity contribution < 1.29 is 4.39 Å². The molecule has 0 atom stereocenters. The fraction of sp³-hybridized carbons (Fsp3) is 0.182. The van der Waals surface area contributed by atoms with E-state index in [2.05, 4.69) is 4.98 Å². The van der Waals surface area contributed by atoms with Crippen LogP contribution in [-0.2, 0) is 6.54 Å². The average Bonchev–Trinajstić information content (AvgIpc) is 2.70. The summed E-state index contributed by atoms with van der Waals surface area (Å²) in [4.78, 5) is 4.18. The Morgan fingerprint density at radius 1 is 1.47 bits per heavy atom. The van der Waals surface area contributed by atoms with E-state index in [1.165, 1.54) is 6.07 Å². The lowest BCUT2D eigenvalue weighted by Crippen LogP contribution is -1.97. The van der Waals surface area contributed by atoms with Gasteiger partial charge in [-0.05, 0) is 25.1 Å². The zero-order valence-corrected chi connectivity index (χ0v) is 8.44. The van der Waals surface area contributed by atoms with Crippen LogP contribution in [0.25, 0.3) is 11.4 Å². The van der Waals surface area contributed by atoms with Crippen LogP contribution in [0, 0.1) is 5.82 Å². The third kappa shape index (κ3) is 1.70. The molecule has 1 aromatic carbocycles. The molecule has 0 spiro atoms. The van der Waals surface area contributed by atoms with Crippen LogP contribution >= 0.6 is 0 Å². The van der Waals surface area contributed by atoms with Crippen molar-refractivity contribution in [2.24, 2.45) is 0 Å². The molecule has 1 heterocycles. The van der Waals surface area contributed by atoms with E-state index in [0.717, 1.165) is 17.9 Å². The van der Waals surface area contributed by atoms with Crippen LogP contribution in [0.3, 0.4) is 0 Å². The first-order chi connectivity index (χ1) is 7.22. The van der Waals surface area contributed by atoms with Crippen molar-refractivity contribution in [3.8, 4) is 11.4 Å². The summed E-state index contributed by atoms with van der Waals surface area (Å²) in [5, 5.41) is 0. The fourth-order valence-electron chi connectivity index (χ4n) is 1.49. The summed E-state index contributed by atoms with van der Waals surface area (Å²) in [6, 6.07) is 4.73. The second-order valence-corrected chi connectivity index (χ2v) is 3.27. The van der Waals surface area contributed by atoms with Crippen molar-refractivity contribution in [2.45, 2.75) is 13.5 Å². The molecule has 0 aliphatic carbocycles. The van der Waals surface area contributed by atoms with Crippen LogP contribution in [0.15, 0.2) is 30.6 Å². The molecule has 0 saturated heterocycles. The Bertz CT molecular complexity index is 476. The molecule has 0 aliphatic rings. The highest BCUT2D eigenvalue weighted by Crippen LogP contribution is 2.21. The zero-order chi connectivity index (χ0) is 10.8. The van der Waals surface area contributed by atoms with Gasteiger partial charge in [0, 0.05) is 24.5 Å². The number of rotatable bonds is 2. The first kappa shape index (κ1) is 9.71. The quantitative estimate of drug-likeness (QED) is 0.764. The molecular formula is C11H12FN3. The molecule has 78 valence electrons. The minimum absolute atomic E-state index is 0.161. The van der Waals surface area contributed by atoms with Gasteiger partial charge in [-0.3, -0.25) is 0 Å². The van der Waals surface area contributed by atoms with Crippen LogP contribution < -0.4 is 5.73 Å². The van der Waals surface area contributed by atoms with Gasteiger partial charge in [0.05, 0.1) is 5.69 Å². The third-order valence-electron chi connectivity index (χ3n) is 2.31. The largest absolute Gasteiger partial charge is 0.396 e. The summed E-state index contributed by atoms with van der Waals surface area (Å²) in [7, 11) is 0. The molecule has 2 rings (SSSR count). The maximum absolute atomic E-state index is 13.2. The zero-order valence-electron chi connectivity index (χ0n) is 8.44. The molecule has 0 radical (unpaired) electrons. The molecule has 0 amide bonds. The van der Waals surface area contributed by atoms with E-state index in [9.17, 15) is 4.39 Å². The summed E-state index contributed by atoms with van der Waals surface area (Å²) >= 11 is 0. The monoisotopic (exact) mass is 205 g/mol. The van der Waals surface area contributed by atoms with Gasteiger partial charge < -0.3 is 10.3 Å². The van der Waals surface area contributed by atoms with E-state index in [1.54, 1.807) is 18.3 Å². The van der Waals surface area contributed by atoms with Crippen LogP contribution in [-0.4, -0.2) is 9.55 Å². The van der Waals surface area contributed by atoms with Gasteiger partial charge in [-0.15, -0.1) is 0 Å². The molecule has 0 bridgehead atoms. The number of halogens is 1. The number of nitrogens with zero attached hydrogens (tertiary/aromatic N) is 2. The van der Waals surface area contributed by atoms with Crippen LogP contribution in [0.2, 0.25) is 0 Å². The summed E-state index contributed by atoms with van der Waals surface area (Å²) in [6.45, 7) is 2.82. The van der Waals surface area contributed by atoms with Gasteiger partial charge in [-0.2, -0.15) is 0 Å². The molecular weight excluding hydrogens is 193 g/mol. The van der Waals surface area contributed by atoms with E-state index in [0.29, 0.717) is 0 Å². The molecule has 3 nitrogen and oxygen atoms in total. The standard InChI is InChI=1S/C11H12FN3/c1-2-15-6-5-14-11(15)8-3-4-10(13)9(12)7-8/h3-7H,2,13H2,1H3. The predicted molar refractivity (Wildman–Crippen MR) is 57.7 cm³/mol. The second-order valence-electron chi connectivity index (χ2n) is 3.27. The number of hydrogen-bond acceptors (Lipinski definition) is 2. The van der Waals surface area contributed by atoms with Crippen LogP contribution in [0.1, 0.15) is 6.92 Å². The van der Waals surface area contributed by atoms with E-state index < -0.39 is 5.82 Å². The minimum atomic E-state index is -0.404. The van der Waals surface area contributed by atoms with E-state index >= 15 is 0 Å². The maximum Gasteiger partial charge on any atom is 0.146 e. The van der Waals surface area contributed by atoms with E-state index in [4.69, 9.17) is 5.73 Å². The first-order valence-corrected chi connectivity index (χ1v) is 4.79. The fourth-order valence-corrected chi connectivity index (χ4v) is 1.49. The third-order valence-corrected chi connectivity index (χ3v) is 2.31. The molecule has 4 heteroatoms. The summed E-state index contributed by atoms with van der Waals surface area (Å²) in [6.07, 6.45) is 3.57. The Kier molecular flexibility index (Phi) is 2.41. The summed E-state index contributed by atoms with van der Waals surface area (Å²) in [5.41, 5.74) is 6.31. The Morgan fingerprint density at radius 2 is 2.27 bits per heavy atom. The lowest BCUT2D eigenvalue weighted by molar-refractivity contribution is 0.632. The van der Waals surface area contributed by atoms with Gasteiger partial charge in [0.15, 0.2) is 0 Å². The number of aryl methyl sites for hydroxylation is 1. The average molecular weight is 205 g/mol. The Balaban J connectivity index is 2.50. The molecule has 0 aliphatic heterocycles. The molecule has 15 heavy (non-hydrogen) atoms. The second kappa shape index (κ2) is 3.73. The Labute approximate surface area is 87.4 Å². The predicted octanol–water partition coefficient (Wildman–Crippen LogP) is 2.29. The minimum Gasteiger partial charge on any atom is -0.396 e. The normalized spacial score (nSPS) is 10.5. The summed E-state index contributed by atoms with van der Waals surface area (Å²) < 4.78 is 15.2. The molecule has 1 aromatic heterocycles. The number of benzene rings is 1. The van der Waals surface area contributed by atoms with Crippen molar-refractivity contribution in [3.05, 3.63) is 36.4 Å². The Hall–Kier alpha value is -1.84. The van der Waals surface area contributed by atoms with Crippen molar-refractivity contribution in [1.82, 2.24) is 9.55 Å². The highest BCUT2D eigenvalue weighted by Gasteiger charge is 2.06. The smallest absolute Gasteiger partial charge is 0.146 e. The number of nitrogens with two attached hydrogens (primary N) is 1. The Morgan fingerprint density at radius 3 is 2.93 bits per heavy atom. The number of hydrogen-bond donors (Lipinski definition) is 1. The maximum atomic E-state index is 13.2. The van der Waals surface area contributed by atoms with E-state index in [-0.39, 0.29) is 5.69 Å². The number of imidazole rings is 1. The topological polar surface area (TPSA) is 43.8 Å². The lowest BCUT2D eigenvalue weighted by Gasteiger charge is -2.05. The van der Waals surface area contributed by atoms with Crippen molar-refractivity contribution in [3.63, 3.8) is 0 Å². The molecule has 2 N–H and O–H groups in total. The van der Waals surface area contributed by atoms with Crippen molar-refractivity contribution >= 4 is 5.69 Å². The highest BCUT2D eigenvalue weighted by atomic mass is 19.1. The summed E-state index contributed by atoms with van der Waals surface area (Å²) in [5.74, 6) is 0.356. The molecule has 0 saturated carbocycles. The molecule has 2 aromatic rings. The SMILES string of the molecule is CCn1ccnc1-c1ccc(N)c(F)c1. The lowest BCUT2D eigenvalue weighted by atomic mass is 10.2. The van der Waals surface area contributed by atoms with Gasteiger partial charge in [-0.1, -0.05) is 0 Å². The van der Waals surface area contributed by atoms with Crippen molar-refractivity contribution in [2.75, 3.05) is 5.73 Å². The van der Waals surface area contributed by atoms with Crippen molar-refractivity contribution in [1.29, 1.82) is 0 Å². The first-order valence-electron chi connectivity index (χ1n) is 4.79. The highest BCUT2D eigenvalue weighted by molar-refractivity contribution is 5.59. The number of nitrogen functional groups attached to an aromatic ring is 1. The van der Waals surface area contributed by atoms with Crippen LogP contribution in [0.4, 0.5) is 10.1 Å². The molecule has 0 fully saturated rings. The van der Waals surface area contributed by atoms with Crippen LogP contribution in [0.5, 0.6) is 0 Å². The van der Waals surface area contributed by atoms with E-state index in [1.807, 2.05) is 17.7 Å². The van der Waals surface area contributed by atoms with Gasteiger partial charge >= 0.3 is 0 Å².